The molecule has 3 N–H and O–H groups in total. The molecule has 3 aromatic carbocycles. The van der Waals surface area contributed by atoms with E-state index in [0.29, 0.717) is 39.5 Å². The number of hydrogen-bond acceptors (Lipinski definition) is 4. The lowest BCUT2D eigenvalue weighted by atomic mass is 10.0. The van der Waals surface area contributed by atoms with Crippen LogP contribution in [0.25, 0.3) is 22.5 Å². The van der Waals surface area contributed by atoms with Gasteiger partial charge < -0.3 is 11.1 Å². The number of hydrogen-bond donors (Lipinski definition) is 2. The molecule has 31 heavy (non-hydrogen) atoms. The zero-order chi connectivity index (χ0) is 21.8. The highest BCUT2D eigenvalue weighted by Gasteiger charge is 2.12. The molecule has 0 radical (unpaired) electrons. The average molecular weight is 408 g/mol. The molecule has 1 amide bonds. The molecule has 150 valence electrons. The molecule has 0 aliphatic rings. The van der Waals surface area contributed by atoms with Crippen molar-refractivity contribution in [2.45, 2.75) is 0 Å². The van der Waals surface area contributed by atoms with Crippen LogP contribution in [-0.2, 0) is 0 Å². The standard InChI is InChI=1S/C25H17FN4O/c26-20-12-9-16(10-13-20)22-14-11-19(15-27)24(29-22)17-5-7-18(8-6-17)25(31)30-23-4-2-1-3-21(23)28/h1-14H,28H2,(H,30,31). The van der Waals surface area contributed by atoms with E-state index in [1.807, 2.05) is 0 Å². The second kappa shape index (κ2) is 8.47. The number of amides is 1. The summed E-state index contributed by atoms with van der Waals surface area (Å²) in [6.45, 7) is 0. The Kier molecular flexibility index (Phi) is 5.41. The summed E-state index contributed by atoms with van der Waals surface area (Å²) in [4.78, 5) is 17.1. The summed E-state index contributed by atoms with van der Waals surface area (Å²) in [6, 6.07) is 25.4. The van der Waals surface area contributed by atoms with Crippen LogP contribution >= 0.6 is 0 Å². The molecular weight excluding hydrogens is 391 g/mol. The highest BCUT2D eigenvalue weighted by molar-refractivity contribution is 6.05. The second-order valence-electron chi connectivity index (χ2n) is 6.83. The fraction of sp³-hybridized carbons (Fsp3) is 0. The monoisotopic (exact) mass is 408 g/mol. The van der Waals surface area contributed by atoms with Gasteiger partial charge in [-0.05, 0) is 60.7 Å². The number of carbonyl (C=O) groups is 1. The zero-order valence-corrected chi connectivity index (χ0v) is 16.3. The second-order valence-corrected chi connectivity index (χ2v) is 6.83. The minimum absolute atomic E-state index is 0.294. The van der Waals surface area contributed by atoms with Crippen molar-refractivity contribution >= 4 is 17.3 Å². The summed E-state index contributed by atoms with van der Waals surface area (Å²) >= 11 is 0. The number of pyridine rings is 1. The lowest BCUT2D eigenvalue weighted by Gasteiger charge is -2.10. The quantitative estimate of drug-likeness (QED) is 0.451. The number of benzene rings is 3. The Balaban J connectivity index is 1.63. The molecule has 0 atom stereocenters. The summed E-state index contributed by atoms with van der Waals surface area (Å²) in [5.41, 5.74) is 10.3. The van der Waals surface area contributed by atoms with Crippen LogP contribution in [0.4, 0.5) is 15.8 Å². The Hall–Kier alpha value is -4.50. The van der Waals surface area contributed by atoms with E-state index in [9.17, 15) is 14.4 Å². The minimum Gasteiger partial charge on any atom is -0.397 e. The van der Waals surface area contributed by atoms with E-state index in [1.165, 1.54) is 12.1 Å². The number of para-hydroxylation sites is 2. The van der Waals surface area contributed by atoms with Crippen molar-refractivity contribution in [1.82, 2.24) is 4.98 Å². The molecule has 4 aromatic rings. The van der Waals surface area contributed by atoms with E-state index in [0.717, 1.165) is 5.56 Å². The average Bonchev–Trinajstić information content (AvgIpc) is 2.81. The van der Waals surface area contributed by atoms with Crippen LogP contribution in [-0.4, -0.2) is 10.9 Å². The van der Waals surface area contributed by atoms with Gasteiger partial charge in [0.25, 0.3) is 5.91 Å². The first-order chi connectivity index (χ1) is 15.0. The number of rotatable bonds is 4. The number of halogens is 1. The van der Waals surface area contributed by atoms with Crippen molar-refractivity contribution in [1.29, 1.82) is 5.26 Å². The third-order valence-electron chi connectivity index (χ3n) is 4.79. The molecule has 0 saturated heterocycles. The number of carbonyl (C=O) groups excluding carboxylic acids is 1. The number of nitrogens with zero attached hydrogens (tertiary/aromatic N) is 2. The number of nitrogen functional groups attached to an aromatic ring is 1. The van der Waals surface area contributed by atoms with Gasteiger partial charge in [0.15, 0.2) is 0 Å². The Bertz CT molecular complexity index is 1290. The van der Waals surface area contributed by atoms with Crippen molar-refractivity contribution in [3.63, 3.8) is 0 Å². The van der Waals surface area contributed by atoms with Gasteiger partial charge in [0.2, 0.25) is 0 Å². The van der Waals surface area contributed by atoms with Crippen LogP contribution in [0.2, 0.25) is 0 Å². The molecule has 0 fully saturated rings. The van der Waals surface area contributed by atoms with Gasteiger partial charge in [0, 0.05) is 16.7 Å². The summed E-state index contributed by atoms with van der Waals surface area (Å²) in [7, 11) is 0. The lowest BCUT2D eigenvalue weighted by molar-refractivity contribution is 0.102. The van der Waals surface area contributed by atoms with Gasteiger partial charge in [-0.25, -0.2) is 9.37 Å². The Morgan fingerprint density at radius 3 is 2.26 bits per heavy atom. The minimum atomic E-state index is -0.330. The molecule has 4 rings (SSSR count). The molecular formula is C25H17FN4O. The first kappa shape index (κ1) is 19.8. The number of nitriles is 1. The normalized spacial score (nSPS) is 10.3. The van der Waals surface area contributed by atoms with Crippen molar-refractivity contribution in [3.8, 4) is 28.6 Å². The summed E-state index contributed by atoms with van der Waals surface area (Å²) in [5, 5.41) is 12.3. The van der Waals surface area contributed by atoms with Gasteiger partial charge in [0.05, 0.1) is 28.3 Å². The van der Waals surface area contributed by atoms with E-state index in [-0.39, 0.29) is 11.7 Å². The SMILES string of the molecule is N#Cc1ccc(-c2ccc(F)cc2)nc1-c1ccc(C(=O)Nc2ccccc2N)cc1. The van der Waals surface area contributed by atoms with Crippen LogP contribution in [0.3, 0.4) is 0 Å². The topological polar surface area (TPSA) is 91.8 Å². The number of nitrogens with one attached hydrogen (secondary N) is 1. The lowest BCUT2D eigenvalue weighted by Crippen LogP contribution is -2.13. The number of nitrogens with two attached hydrogens (primary N) is 1. The molecule has 1 heterocycles. The molecule has 6 heteroatoms. The van der Waals surface area contributed by atoms with E-state index >= 15 is 0 Å². The van der Waals surface area contributed by atoms with Crippen LogP contribution in [0.15, 0.2) is 84.9 Å². The Morgan fingerprint density at radius 2 is 1.58 bits per heavy atom. The van der Waals surface area contributed by atoms with Gasteiger partial charge >= 0.3 is 0 Å². The van der Waals surface area contributed by atoms with E-state index in [1.54, 1.807) is 72.8 Å². The number of anilines is 2. The van der Waals surface area contributed by atoms with Crippen molar-refractivity contribution < 1.29 is 9.18 Å². The third-order valence-corrected chi connectivity index (χ3v) is 4.79. The maximum Gasteiger partial charge on any atom is 0.255 e. The fourth-order valence-corrected chi connectivity index (χ4v) is 3.14. The van der Waals surface area contributed by atoms with E-state index < -0.39 is 0 Å². The Labute approximate surface area is 178 Å². The van der Waals surface area contributed by atoms with Crippen LogP contribution < -0.4 is 11.1 Å². The molecule has 0 saturated carbocycles. The smallest absolute Gasteiger partial charge is 0.255 e. The largest absolute Gasteiger partial charge is 0.397 e. The van der Waals surface area contributed by atoms with Crippen LogP contribution in [0.5, 0.6) is 0 Å². The highest BCUT2D eigenvalue weighted by Crippen LogP contribution is 2.27. The molecule has 0 spiro atoms. The third kappa shape index (κ3) is 4.26. The molecule has 0 unspecified atom stereocenters. The zero-order valence-electron chi connectivity index (χ0n) is 16.3. The van der Waals surface area contributed by atoms with Crippen molar-refractivity contribution in [2.75, 3.05) is 11.1 Å². The summed E-state index contributed by atoms with van der Waals surface area (Å²) < 4.78 is 13.2. The van der Waals surface area contributed by atoms with Gasteiger partial charge in [0.1, 0.15) is 11.9 Å². The molecule has 0 aliphatic carbocycles. The first-order valence-corrected chi connectivity index (χ1v) is 9.48. The number of aromatic nitrogens is 1. The summed E-state index contributed by atoms with van der Waals surface area (Å²) in [6.07, 6.45) is 0. The highest BCUT2D eigenvalue weighted by atomic mass is 19.1. The van der Waals surface area contributed by atoms with Gasteiger partial charge in [-0.1, -0.05) is 24.3 Å². The maximum absolute atomic E-state index is 13.2. The molecule has 0 bridgehead atoms. The summed E-state index contributed by atoms with van der Waals surface area (Å²) in [5.74, 6) is -0.623. The molecule has 0 aliphatic heterocycles. The Morgan fingerprint density at radius 1 is 0.903 bits per heavy atom. The van der Waals surface area contributed by atoms with Crippen LogP contribution in [0.1, 0.15) is 15.9 Å². The van der Waals surface area contributed by atoms with Gasteiger partial charge in [-0.2, -0.15) is 5.26 Å². The fourth-order valence-electron chi connectivity index (χ4n) is 3.14. The predicted octanol–water partition coefficient (Wildman–Crippen LogP) is 5.26. The van der Waals surface area contributed by atoms with E-state index in [2.05, 4.69) is 16.4 Å². The van der Waals surface area contributed by atoms with Crippen molar-refractivity contribution in [3.05, 3.63) is 102 Å². The van der Waals surface area contributed by atoms with Gasteiger partial charge in [-0.3, -0.25) is 4.79 Å². The predicted molar refractivity (Wildman–Crippen MR) is 119 cm³/mol. The molecule has 1 aromatic heterocycles. The van der Waals surface area contributed by atoms with Crippen molar-refractivity contribution in [2.24, 2.45) is 0 Å². The first-order valence-electron chi connectivity index (χ1n) is 9.48. The van der Waals surface area contributed by atoms with Crippen LogP contribution in [0, 0.1) is 17.1 Å². The molecule has 5 nitrogen and oxygen atoms in total. The van der Waals surface area contributed by atoms with Gasteiger partial charge in [-0.15, -0.1) is 0 Å². The van der Waals surface area contributed by atoms with E-state index in [4.69, 9.17) is 5.73 Å². The maximum atomic E-state index is 13.2.